The van der Waals surface area contributed by atoms with Gasteiger partial charge in [0.1, 0.15) is 4.90 Å². The highest BCUT2D eigenvalue weighted by atomic mass is 79.9. The molecule has 2 aromatic rings. The van der Waals surface area contributed by atoms with Gasteiger partial charge in [-0.3, -0.25) is 4.72 Å². The molecule has 0 spiro atoms. The Kier molecular flexibility index (Phi) is 4.42. The number of nitrogens with one attached hydrogen (secondary N) is 1. The van der Waals surface area contributed by atoms with Crippen LogP contribution in [0.1, 0.15) is 5.56 Å². The SMILES string of the molecule is N#Cc1ccc(S(=O)(=O)Nc2ccc(N)c(Br)c2)c(Cl)c1. The zero-order valence-corrected chi connectivity index (χ0v) is 13.6. The molecule has 8 heteroatoms. The maximum absolute atomic E-state index is 12.3. The van der Waals surface area contributed by atoms with Gasteiger partial charge in [0.25, 0.3) is 10.0 Å². The van der Waals surface area contributed by atoms with Crippen molar-refractivity contribution in [2.45, 2.75) is 4.90 Å². The fourth-order valence-corrected chi connectivity index (χ4v) is 3.56. The summed E-state index contributed by atoms with van der Waals surface area (Å²) in [7, 11) is -3.85. The summed E-state index contributed by atoms with van der Waals surface area (Å²) in [6, 6.07) is 10.5. The number of anilines is 2. The van der Waals surface area contributed by atoms with E-state index in [1.807, 2.05) is 6.07 Å². The van der Waals surface area contributed by atoms with E-state index in [1.165, 1.54) is 24.3 Å². The third-order valence-corrected chi connectivity index (χ3v) is 5.15. The number of nitrogens with two attached hydrogens (primary N) is 1. The molecule has 0 aliphatic rings. The molecule has 0 saturated heterocycles. The van der Waals surface area contributed by atoms with Crippen LogP contribution in [0, 0.1) is 11.3 Å². The zero-order chi connectivity index (χ0) is 15.6. The maximum Gasteiger partial charge on any atom is 0.263 e. The summed E-state index contributed by atoms with van der Waals surface area (Å²) in [6.07, 6.45) is 0. The molecule has 0 aliphatic heterocycles. The van der Waals surface area contributed by atoms with E-state index in [-0.39, 0.29) is 15.5 Å². The Morgan fingerprint density at radius 1 is 1.24 bits per heavy atom. The second-order valence-electron chi connectivity index (χ2n) is 4.10. The Hall–Kier alpha value is -1.75. The van der Waals surface area contributed by atoms with Crippen molar-refractivity contribution in [3.05, 3.63) is 51.5 Å². The lowest BCUT2D eigenvalue weighted by Gasteiger charge is -2.10. The van der Waals surface area contributed by atoms with Gasteiger partial charge in [-0.15, -0.1) is 0 Å². The summed E-state index contributed by atoms with van der Waals surface area (Å²) < 4.78 is 27.6. The highest BCUT2D eigenvalue weighted by Crippen LogP contribution is 2.27. The molecule has 21 heavy (non-hydrogen) atoms. The molecule has 0 aromatic heterocycles. The topological polar surface area (TPSA) is 96.0 Å². The van der Waals surface area contributed by atoms with Gasteiger partial charge in [0.2, 0.25) is 0 Å². The van der Waals surface area contributed by atoms with E-state index in [2.05, 4.69) is 20.7 Å². The van der Waals surface area contributed by atoms with Crippen LogP contribution in [-0.4, -0.2) is 8.42 Å². The van der Waals surface area contributed by atoms with Crippen molar-refractivity contribution >= 4 is 48.9 Å². The first kappa shape index (κ1) is 15.6. The first-order valence-corrected chi connectivity index (χ1v) is 8.26. The van der Waals surface area contributed by atoms with Crippen molar-refractivity contribution in [1.29, 1.82) is 5.26 Å². The first-order chi connectivity index (χ1) is 9.83. The second-order valence-corrected chi connectivity index (χ2v) is 7.01. The number of rotatable bonds is 3. The minimum atomic E-state index is -3.85. The van der Waals surface area contributed by atoms with E-state index >= 15 is 0 Å². The lowest BCUT2D eigenvalue weighted by Crippen LogP contribution is -2.13. The molecule has 0 atom stereocenters. The number of sulfonamides is 1. The Bertz CT molecular complexity index is 847. The molecule has 0 saturated carbocycles. The predicted molar refractivity (Wildman–Crippen MR) is 85.5 cm³/mol. The van der Waals surface area contributed by atoms with Gasteiger partial charge < -0.3 is 5.73 Å². The summed E-state index contributed by atoms with van der Waals surface area (Å²) in [4.78, 5) is -0.101. The van der Waals surface area contributed by atoms with Gasteiger partial charge in [0.15, 0.2) is 0 Å². The van der Waals surface area contributed by atoms with E-state index in [9.17, 15) is 8.42 Å². The molecule has 3 N–H and O–H groups in total. The summed E-state index contributed by atoms with van der Waals surface area (Å²) in [5.74, 6) is 0. The Balaban J connectivity index is 2.38. The first-order valence-electron chi connectivity index (χ1n) is 5.61. The smallest absolute Gasteiger partial charge is 0.263 e. The Labute approximate surface area is 135 Å². The van der Waals surface area contributed by atoms with Crippen LogP contribution in [0.5, 0.6) is 0 Å². The summed E-state index contributed by atoms with van der Waals surface area (Å²) in [5, 5.41) is 8.74. The van der Waals surface area contributed by atoms with Gasteiger partial charge in [-0.25, -0.2) is 8.42 Å². The largest absolute Gasteiger partial charge is 0.398 e. The van der Waals surface area contributed by atoms with Crippen LogP contribution >= 0.6 is 27.5 Å². The standard InChI is InChI=1S/C13H9BrClN3O2S/c14-10-6-9(2-3-12(10)17)18-21(19,20)13-4-1-8(7-16)5-11(13)15/h1-6,18H,17H2. The molecule has 108 valence electrons. The van der Waals surface area contributed by atoms with Crippen LogP contribution in [0.2, 0.25) is 5.02 Å². The van der Waals surface area contributed by atoms with Crippen LogP contribution in [0.4, 0.5) is 11.4 Å². The van der Waals surface area contributed by atoms with E-state index in [0.29, 0.717) is 15.8 Å². The molecule has 0 aliphatic carbocycles. The lowest BCUT2D eigenvalue weighted by atomic mass is 10.2. The lowest BCUT2D eigenvalue weighted by molar-refractivity contribution is 0.601. The van der Waals surface area contributed by atoms with Crippen LogP contribution < -0.4 is 10.5 Å². The number of nitrogen functional groups attached to an aromatic ring is 1. The molecule has 2 rings (SSSR count). The minimum Gasteiger partial charge on any atom is -0.398 e. The second kappa shape index (κ2) is 5.93. The van der Waals surface area contributed by atoms with Crippen molar-refractivity contribution in [1.82, 2.24) is 0 Å². The molecule has 2 aromatic carbocycles. The molecule has 0 bridgehead atoms. The van der Waals surface area contributed by atoms with Crippen molar-refractivity contribution in [2.24, 2.45) is 0 Å². The number of nitrogens with zero attached hydrogens (tertiary/aromatic N) is 1. The zero-order valence-electron chi connectivity index (χ0n) is 10.5. The highest BCUT2D eigenvalue weighted by molar-refractivity contribution is 9.10. The fourth-order valence-electron chi connectivity index (χ4n) is 1.59. The average Bonchev–Trinajstić information content (AvgIpc) is 2.42. The fraction of sp³-hybridized carbons (Fsp3) is 0. The van der Waals surface area contributed by atoms with E-state index < -0.39 is 10.0 Å². The van der Waals surface area contributed by atoms with Gasteiger partial charge in [-0.2, -0.15) is 5.26 Å². The minimum absolute atomic E-state index is 0.0175. The van der Waals surface area contributed by atoms with Crippen molar-refractivity contribution < 1.29 is 8.42 Å². The van der Waals surface area contributed by atoms with Crippen LogP contribution in [0.25, 0.3) is 0 Å². The molecule has 0 fully saturated rings. The van der Waals surface area contributed by atoms with Crippen molar-refractivity contribution in [3.63, 3.8) is 0 Å². The van der Waals surface area contributed by atoms with Crippen molar-refractivity contribution in [3.8, 4) is 6.07 Å². The average molecular weight is 387 g/mol. The Morgan fingerprint density at radius 3 is 2.52 bits per heavy atom. The Morgan fingerprint density at radius 2 is 1.95 bits per heavy atom. The van der Waals surface area contributed by atoms with Crippen LogP contribution in [-0.2, 0) is 10.0 Å². The van der Waals surface area contributed by atoms with E-state index in [4.69, 9.17) is 22.6 Å². The quantitative estimate of drug-likeness (QED) is 0.791. The number of benzene rings is 2. The monoisotopic (exact) mass is 385 g/mol. The third-order valence-electron chi connectivity index (χ3n) is 2.60. The third kappa shape index (κ3) is 3.47. The molecule has 0 heterocycles. The van der Waals surface area contributed by atoms with Gasteiger partial charge in [0, 0.05) is 10.2 Å². The summed E-state index contributed by atoms with van der Waals surface area (Å²) in [5.41, 5.74) is 6.77. The number of hydrogen-bond acceptors (Lipinski definition) is 4. The molecule has 0 unspecified atom stereocenters. The molecule has 5 nitrogen and oxygen atoms in total. The molecule has 0 amide bonds. The number of halogens is 2. The number of nitriles is 1. The van der Waals surface area contributed by atoms with Crippen LogP contribution in [0.3, 0.4) is 0 Å². The molecular weight excluding hydrogens is 378 g/mol. The van der Waals surface area contributed by atoms with E-state index in [0.717, 1.165) is 0 Å². The van der Waals surface area contributed by atoms with Gasteiger partial charge in [0.05, 0.1) is 22.3 Å². The summed E-state index contributed by atoms with van der Waals surface area (Å²) in [6.45, 7) is 0. The van der Waals surface area contributed by atoms with Gasteiger partial charge >= 0.3 is 0 Å². The highest BCUT2D eigenvalue weighted by Gasteiger charge is 2.18. The van der Waals surface area contributed by atoms with E-state index in [1.54, 1.807) is 12.1 Å². The molecule has 0 radical (unpaired) electrons. The van der Waals surface area contributed by atoms with Gasteiger partial charge in [-0.1, -0.05) is 11.6 Å². The maximum atomic E-state index is 12.3. The van der Waals surface area contributed by atoms with Gasteiger partial charge in [-0.05, 0) is 52.3 Å². The predicted octanol–water partition coefficient (Wildman–Crippen LogP) is 3.36. The number of hydrogen-bond donors (Lipinski definition) is 2. The van der Waals surface area contributed by atoms with Crippen molar-refractivity contribution in [2.75, 3.05) is 10.5 Å². The summed E-state index contributed by atoms with van der Waals surface area (Å²) >= 11 is 9.14. The van der Waals surface area contributed by atoms with Crippen LogP contribution in [0.15, 0.2) is 45.8 Å². The normalized spacial score (nSPS) is 10.9. The molecular formula is C13H9BrClN3O2S.